The number of aromatic nitrogens is 1. The van der Waals surface area contributed by atoms with Crippen molar-refractivity contribution in [1.29, 1.82) is 5.26 Å². The molecule has 3 aromatic carbocycles. The number of nitriles is 1. The zero-order valence-corrected chi connectivity index (χ0v) is 19.0. The highest BCUT2D eigenvalue weighted by Gasteiger charge is 2.15. The van der Waals surface area contributed by atoms with Crippen molar-refractivity contribution in [3.63, 3.8) is 0 Å². The van der Waals surface area contributed by atoms with Crippen LogP contribution in [-0.4, -0.2) is 16.4 Å². The Hall–Kier alpha value is -4.63. The van der Waals surface area contributed by atoms with Gasteiger partial charge in [0, 0.05) is 34.0 Å². The number of aryl methyl sites for hydroxylation is 1. The molecule has 0 bridgehead atoms. The Kier molecular flexibility index (Phi) is 6.56. The van der Waals surface area contributed by atoms with E-state index in [1.54, 1.807) is 12.3 Å². The first-order chi connectivity index (χ1) is 16.5. The minimum absolute atomic E-state index is 0.0162. The first kappa shape index (κ1) is 22.6. The zero-order chi connectivity index (χ0) is 24.1. The fourth-order valence-electron chi connectivity index (χ4n) is 3.78. The molecule has 0 radical (unpaired) electrons. The summed E-state index contributed by atoms with van der Waals surface area (Å²) in [5, 5.41) is 16.3. The van der Waals surface area contributed by atoms with E-state index in [1.165, 1.54) is 0 Å². The molecule has 34 heavy (non-hydrogen) atoms. The molecule has 2 amide bonds. The van der Waals surface area contributed by atoms with Crippen LogP contribution in [0.3, 0.4) is 0 Å². The molecule has 1 heterocycles. The average molecular weight is 449 g/mol. The second-order valence-electron chi connectivity index (χ2n) is 8.02. The predicted molar refractivity (Wildman–Crippen MR) is 135 cm³/mol. The quantitative estimate of drug-likeness (QED) is 0.304. The van der Waals surface area contributed by atoms with Gasteiger partial charge in [0.1, 0.15) is 18.2 Å². The summed E-state index contributed by atoms with van der Waals surface area (Å²) in [5.41, 5.74) is 4.91. The van der Waals surface area contributed by atoms with Gasteiger partial charge in [-0.25, -0.2) is 0 Å². The van der Waals surface area contributed by atoms with Crippen molar-refractivity contribution in [2.24, 2.45) is 0 Å². The number of amides is 2. The minimum atomic E-state index is -0.477. The van der Waals surface area contributed by atoms with E-state index in [9.17, 15) is 14.9 Å². The van der Waals surface area contributed by atoms with Crippen molar-refractivity contribution in [3.05, 3.63) is 101 Å². The van der Waals surface area contributed by atoms with Crippen LogP contribution < -0.4 is 10.6 Å². The van der Waals surface area contributed by atoms with Crippen molar-refractivity contribution in [2.45, 2.75) is 20.4 Å². The third-order valence-corrected chi connectivity index (χ3v) is 5.71. The summed E-state index contributed by atoms with van der Waals surface area (Å²) < 4.78 is 1.82. The molecule has 0 aliphatic heterocycles. The van der Waals surface area contributed by atoms with Crippen molar-refractivity contribution < 1.29 is 9.59 Å². The first-order valence-corrected chi connectivity index (χ1v) is 10.9. The van der Waals surface area contributed by atoms with E-state index in [1.807, 2.05) is 97.3 Å². The van der Waals surface area contributed by atoms with Gasteiger partial charge < -0.3 is 15.2 Å². The van der Waals surface area contributed by atoms with Crippen LogP contribution in [0.15, 0.2) is 84.6 Å². The van der Waals surface area contributed by atoms with E-state index in [0.29, 0.717) is 11.3 Å². The highest BCUT2D eigenvalue weighted by Crippen LogP contribution is 2.25. The summed E-state index contributed by atoms with van der Waals surface area (Å²) in [4.78, 5) is 25.5. The van der Waals surface area contributed by atoms with Gasteiger partial charge >= 0.3 is 0 Å². The molecule has 0 fully saturated rings. The smallest absolute Gasteiger partial charge is 0.266 e. The van der Waals surface area contributed by atoms with Crippen molar-refractivity contribution in [3.8, 4) is 6.07 Å². The van der Waals surface area contributed by atoms with Crippen molar-refractivity contribution >= 4 is 40.2 Å². The number of hydrogen-bond acceptors (Lipinski definition) is 3. The van der Waals surface area contributed by atoms with Crippen LogP contribution in [0.5, 0.6) is 0 Å². The SMILES string of the molecule is Cc1cccc(NC(=O)C(C#N)=Cc2cn(CC(=O)Nc3ccccc3)c3ccccc23)c1C. The molecule has 0 atom stereocenters. The summed E-state index contributed by atoms with van der Waals surface area (Å²) in [6, 6.07) is 24.5. The van der Waals surface area contributed by atoms with Gasteiger partial charge in [-0.15, -0.1) is 0 Å². The molecular weight excluding hydrogens is 424 g/mol. The van der Waals surface area contributed by atoms with Crippen LogP contribution in [0.4, 0.5) is 11.4 Å². The Balaban J connectivity index is 1.62. The molecule has 0 unspecified atom stereocenters. The second-order valence-corrected chi connectivity index (χ2v) is 8.02. The van der Waals surface area contributed by atoms with Gasteiger partial charge in [0.2, 0.25) is 5.91 Å². The maximum absolute atomic E-state index is 12.9. The van der Waals surface area contributed by atoms with Gasteiger partial charge in [-0.2, -0.15) is 5.26 Å². The molecule has 2 N–H and O–H groups in total. The highest BCUT2D eigenvalue weighted by molar-refractivity contribution is 6.11. The lowest BCUT2D eigenvalue weighted by atomic mass is 10.1. The zero-order valence-electron chi connectivity index (χ0n) is 19.0. The number of carbonyl (C=O) groups excluding carboxylic acids is 2. The van der Waals surface area contributed by atoms with Gasteiger partial charge in [0.05, 0.1) is 0 Å². The lowest BCUT2D eigenvalue weighted by Crippen LogP contribution is -2.18. The van der Waals surface area contributed by atoms with Gasteiger partial charge in [-0.3, -0.25) is 9.59 Å². The van der Waals surface area contributed by atoms with Gasteiger partial charge in [0.25, 0.3) is 5.91 Å². The van der Waals surface area contributed by atoms with Crippen LogP contribution in [0, 0.1) is 25.2 Å². The number of nitrogens with zero attached hydrogens (tertiary/aromatic N) is 2. The largest absolute Gasteiger partial charge is 0.337 e. The van der Waals surface area contributed by atoms with Crippen LogP contribution in [0.2, 0.25) is 0 Å². The van der Waals surface area contributed by atoms with Crippen LogP contribution in [0.25, 0.3) is 17.0 Å². The fourth-order valence-corrected chi connectivity index (χ4v) is 3.78. The number of carbonyl (C=O) groups is 2. The van der Waals surface area contributed by atoms with E-state index < -0.39 is 5.91 Å². The molecule has 168 valence electrons. The molecule has 6 heteroatoms. The van der Waals surface area contributed by atoms with Gasteiger partial charge in [0.15, 0.2) is 0 Å². The normalized spacial score (nSPS) is 11.1. The van der Waals surface area contributed by atoms with Crippen molar-refractivity contribution in [2.75, 3.05) is 10.6 Å². The molecule has 0 aliphatic carbocycles. The van der Waals surface area contributed by atoms with E-state index in [4.69, 9.17) is 0 Å². The molecule has 0 saturated carbocycles. The molecular formula is C28H24N4O2. The summed E-state index contributed by atoms with van der Waals surface area (Å²) in [7, 11) is 0. The van der Waals surface area contributed by atoms with Crippen LogP contribution >= 0.6 is 0 Å². The third-order valence-electron chi connectivity index (χ3n) is 5.71. The standard InChI is InChI=1S/C28H24N4O2/c1-19-9-8-13-25(20(19)2)31-28(34)21(16-29)15-22-17-32(26-14-7-6-12-24(22)26)18-27(33)30-23-10-4-3-5-11-23/h3-15,17H,18H2,1-2H3,(H,30,33)(H,31,34). The number of nitrogens with one attached hydrogen (secondary N) is 2. The maximum atomic E-state index is 12.9. The first-order valence-electron chi connectivity index (χ1n) is 10.9. The number of benzene rings is 3. The fraction of sp³-hybridized carbons (Fsp3) is 0.107. The molecule has 0 spiro atoms. The Labute approximate surface area is 198 Å². The van der Waals surface area contributed by atoms with Crippen LogP contribution in [0.1, 0.15) is 16.7 Å². The van der Waals surface area contributed by atoms with Crippen LogP contribution in [-0.2, 0) is 16.1 Å². The minimum Gasteiger partial charge on any atom is -0.337 e. The maximum Gasteiger partial charge on any atom is 0.266 e. The summed E-state index contributed by atoms with van der Waals surface area (Å²) in [6.07, 6.45) is 3.35. The second kappa shape index (κ2) is 9.88. The number of anilines is 2. The Morgan fingerprint density at radius 1 is 0.941 bits per heavy atom. The molecule has 0 aliphatic rings. The van der Waals surface area contributed by atoms with Gasteiger partial charge in [-0.1, -0.05) is 48.5 Å². The summed E-state index contributed by atoms with van der Waals surface area (Å²) >= 11 is 0. The summed E-state index contributed by atoms with van der Waals surface area (Å²) in [6.45, 7) is 3.99. The Bertz CT molecular complexity index is 1440. The number of hydrogen-bond donors (Lipinski definition) is 2. The average Bonchev–Trinajstić information content (AvgIpc) is 3.18. The number of rotatable bonds is 6. The topological polar surface area (TPSA) is 86.9 Å². The highest BCUT2D eigenvalue weighted by atomic mass is 16.2. The molecule has 4 aromatic rings. The molecule has 6 nitrogen and oxygen atoms in total. The van der Waals surface area contributed by atoms with E-state index in [0.717, 1.165) is 27.7 Å². The molecule has 4 rings (SSSR count). The lowest BCUT2D eigenvalue weighted by Gasteiger charge is -2.09. The van der Waals surface area contributed by atoms with Gasteiger partial charge in [-0.05, 0) is 55.3 Å². The molecule has 0 saturated heterocycles. The third kappa shape index (κ3) is 4.89. The number of fused-ring (bicyclic) bond motifs is 1. The predicted octanol–water partition coefficient (Wildman–Crippen LogP) is 5.44. The monoisotopic (exact) mass is 448 g/mol. The van der Waals surface area contributed by atoms with E-state index >= 15 is 0 Å². The van der Waals surface area contributed by atoms with E-state index in [2.05, 4.69) is 10.6 Å². The summed E-state index contributed by atoms with van der Waals surface area (Å²) in [5.74, 6) is -0.648. The Morgan fingerprint density at radius 2 is 1.68 bits per heavy atom. The lowest BCUT2D eigenvalue weighted by molar-refractivity contribution is -0.116. The Morgan fingerprint density at radius 3 is 2.44 bits per heavy atom. The number of para-hydroxylation sites is 2. The van der Waals surface area contributed by atoms with Crippen molar-refractivity contribution in [1.82, 2.24) is 4.57 Å². The van der Waals surface area contributed by atoms with E-state index in [-0.39, 0.29) is 18.0 Å². The molecule has 1 aromatic heterocycles.